The van der Waals surface area contributed by atoms with E-state index in [1.807, 2.05) is 18.3 Å². The second-order valence-corrected chi connectivity index (χ2v) is 14.9. The Morgan fingerprint density at radius 1 is 0.917 bits per heavy atom. The lowest BCUT2D eigenvalue weighted by atomic mass is 10.00. The van der Waals surface area contributed by atoms with Crippen LogP contribution in [0, 0.1) is 0 Å². The fraction of sp³-hybridized carbons (Fsp3) is 0.442. The third-order valence-electron chi connectivity index (χ3n) is 10.8. The standard InChI is InChI=1S/C43H51N7O10/c1-5-57-43(55)50-33-24-30(18-19-31(33)40(53)49-20-8-6-11-32(49)41(50)60-37-13-7-9-21-59-37)58-22-10-12-36(51)45-35-26-48(3)38(46-35)39(52)44-29-16-14-27(15-17-29)28-23-34(42(54)56-4)47(2)25-28/h14-19,23-26,32,37,41H,5-13,20-22H2,1-4H3,(H,44,52)(H,45,51). The zero-order valence-electron chi connectivity index (χ0n) is 34.3. The fourth-order valence-electron chi connectivity index (χ4n) is 7.80. The predicted molar refractivity (Wildman–Crippen MR) is 220 cm³/mol. The third-order valence-corrected chi connectivity index (χ3v) is 10.8. The average Bonchev–Trinajstić information content (AvgIpc) is 3.81. The molecule has 2 N–H and O–H groups in total. The molecule has 2 aromatic carbocycles. The Balaban J connectivity index is 0.955. The molecule has 0 spiro atoms. The number of amides is 4. The zero-order valence-corrected chi connectivity index (χ0v) is 34.3. The molecule has 318 valence electrons. The summed E-state index contributed by atoms with van der Waals surface area (Å²) in [4.78, 5) is 73.4. The number of aromatic nitrogens is 3. The average molecular weight is 826 g/mol. The number of ether oxygens (including phenoxy) is 5. The number of esters is 1. The van der Waals surface area contributed by atoms with E-state index in [0.29, 0.717) is 60.8 Å². The maximum absolute atomic E-state index is 14.0. The van der Waals surface area contributed by atoms with Crippen molar-refractivity contribution in [2.45, 2.75) is 76.9 Å². The number of imidazole rings is 1. The molecule has 0 aliphatic carbocycles. The van der Waals surface area contributed by atoms with E-state index in [-0.39, 0.29) is 49.1 Å². The van der Waals surface area contributed by atoms with Crippen LogP contribution in [0.15, 0.2) is 60.9 Å². The molecular weight excluding hydrogens is 775 g/mol. The van der Waals surface area contributed by atoms with Gasteiger partial charge in [0.05, 0.1) is 37.6 Å². The summed E-state index contributed by atoms with van der Waals surface area (Å²) in [5, 5.41) is 5.57. The predicted octanol–water partition coefficient (Wildman–Crippen LogP) is 6.10. The molecule has 4 aromatic rings. The number of rotatable bonds is 13. The van der Waals surface area contributed by atoms with Gasteiger partial charge in [-0.1, -0.05) is 12.1 Å². The van der Waals surface area contributed by atoms with Gasteiger partial charge < -0.3 is 48.4 Å². The summed E-state index contributed by atoms with van der Waals surface area (Å²) >= 11 is 0. The molecule has 17 heteroatoms. The van der Waals surface area contributed by atoms with Gasteiger partial charge in [0.1, 0.15) is 11.4 Å². The van der Waals surface area contributed by atoms with Gasteiger partial charge >= 0.3 is 12.1 Å². The number of piperidine rings is 1. The molecule has 60 heavy (non-hydrogen) atoms. The lowest BCUT2D eigenvalue weighted by Gasteiger charge is -2.42. The second-order valence-electron chi connectivity index (χ2n) is 14.9. The van der Waals surface area contributed by atoms with Crippen molar-refractivity contribution in [1.82, 2.24) is 19.0 Å². The van der Waals surface area contributed by atoms with Gasteiger partial charge in [-0.05, 0) is 87.8 Å². The largest absolute Gasteiger partial charge is 0.494 e. The van der Waals surface area contributed by atoms with Crippen LogP contribution < -0.4 is 20.3 Å². The van der Waals surface area contributed by atoms with E-state index >= 15 is 0 Å². The second kappa shape index (κ2) is 18.8. The van der Waals surface area contributed by atoms with Crippen molar-refractivity contribution in [2.75, 3.05) is 49.0 Å². The first-order valence-corrected chi connectivity index (χ1v) is 20.3. The Hall–Kier alpha value is -6.20. The van der Waals surface area contributed by atoms with Gasteiger partial charge in [0.2, 0.25) is 11.7 Å². The number of aryl methyl sites for hydroxylation is 2. The van der Waals surface area contributed by atoms with E-state index in [4.69, 9.17) is 23.7 Å². The number of hydrogen-bond donors (Lipinski definition) is 2. The number of carbonyl (C=O) groups is 5. The molecule has 4 amide bonds. The van der Waals surface area contributed by atoms with Gasteiger partial charge in [0.15, 0.2) is 18.3 Å². The van der Waals surface area contributed by atoms with Crippen LogP contribution in [0.1, 0.15) is 89.8 Å². The Labute approximate surface area is 347 Å². The lowest BCUT2D eigenvalue weighted by Crippen LogP contribution is -2.57. The van der Waals surface area contributed by atoms with E-state index in [1.165, 1.54) is 16.6 Å². The highest BCUT2D eigenvalue weighted by Crippen LogP contribution is 2.39. The van der Waals surface area contributed by atoms with Gasteiger partial charge in [0, 0.05) is 63.4 Å². The Bertz CT molecular complexity index is 2210. The monoisotopic (exact) mass is 825 g/mol. The van der Waals surface area contributed by atoms with Crippen LogP contribution >= 0.6 is 0 Å². The Morgan fingerprint density at radius 3 is 2.47 bits per heavy atom. The quantitative estimate of drug-likeness (QED) is 0.117. The molecular formula is C43H51N7O10. The number of benzene rings is 2. The smallest absolute Gasteiger partial charge is 0.416 e. The topological polar surface area (TPSA) is 185 Å². The van der Waals surface area contributed by atoms with Crippen LogP contribution in [0.4, 0.5) is 22.0 Å². The number of hydrogen-bond acceptors (Lipinski definition) is 11. The van der Waals surface area contributed by atoms with Crippen LogP contribution in [0.2, 0.25) is 0 Å². The summed E-state index contributed by atoms with van der Waals surface area (Å²) in [6.07, 6.45) is 6.80. The number of fused-ring (bicyclic) bond motifs is 2. The summed E-state index contributed by atoms with van der Waals surface area (Å²) in [5.41, 5.74) is 3.30. The van der Waals surface area contributed by atoms with Crippen LogP contribution in [-0.4, -0.2) is 101 Å². The van der Waals surface area contributed by atoms with Gasteiger partial charge in [-0.15, -0.1) is 0 Å². The molecule has 17 nitrogen and oxygen atoms in total. The van der Waals surface area contributed by atoms with Gasteiger partial charge in [0.25, 0.3) is 11.8 Å². The summed E-state index contributed by atoms with van der Waals surface area (Å²) in [6, 6.07) is 13.5. The molecule has 3 unspecified atom stereocenters. The molecule has 7 rings (SSSR count). The summed E-state index contributed by atoms with van der Waals surface area (Å²) in [6.45, 7) is 3.14. The highest BCUT2D eigenvalue weighted by atomic mass is 16.7. The number of nitrogens with zero attached hydrogens (tertiary/aromatic N) is 5. The van der Waals surface area contributed by atoms with E-state index in [1.54, 1.807) is 73.1 Å². The van der Waals surface area contributed by atoms with Crippen LogP contribution in [0.5, 0.6) is 5.75 Å². The van der Waals surface area contributed by atoms with Gasteiger partial charge in [-0.3, -0.25) is 14.4 Å². The van der Waals surface area contributed by atoms with Crippen LogP contribution in [0.3, 0.4) is 0 Å². The van der Waals surface area contributed by atoms with Crippen molar-refractivity contribution in [3.63, 3.8) is 0 Å². The van der Waals surface area contributed by atoms with Gasteiger partial charge in [-0.2, -0.15) is 0 Å². The number of carbonyl (C=O) groups excluding carboxylic acids is 5. The molecule has 3 atom stereocenters. The van der Waals surface area contributed by atoms with E-state index in [0.717, 1.165) is 36.8 Å². The normalized spacial score (nSPS) is 18.8. The fourth-order valence-corrected chi connectivity index (χ4v) is 7.80. The molecule has 0 saturated carbocycles. The van der Waals surface area contributed by atoms with Crippen molar-refractivity contribution in [3.05, 3.63) is 78.0 Å². The van der Waals surface area contributed by atoms with Crippen LogP contribution in [0.25, 0.3) is 11.1 Å². The highest BCUT2D eigenvalue weighted by molar-refractivity contribution is 6.05. The summed E-state index contributed by atoms with van der Waals surface area (Å²) < 4.78 is 32.1. The highest BCUT2D eigenvalue weighted by Gasteiger charge is 2.46. The summed E-state index contributed by atoms with van der Waals surface area (Å²) in [7, 11) is 4.75. The summed E-state index contributed by atoms with van der Waals surface area (Å²) in [5.74, 6) is -0.686. The maximum Gasteiger partial charge on any atom is 0.416 e. The molecule has 3 aliphatic heterocycles. The first-order chi connectivity index (χ1) is 29.0. The minimum absolute atomic E-state index is 0.0944. The lowest BCUT2D eigenvalue weighted by molar-refractivity contribution is -0.198. The maximum atomic E-state index is 14.0. The first kappa shape index (κ1) is 41.9. The van der Waals surface area contributed by atoms with E-state index in [2.05, 4.69) is 15.6 Å². The number of methoxy groups -OCH3 is 1. The first-order valence-electron chi connectivity index (χ1n) is 20.3. The molecule has 2 aromatic heterocycles. The minimum atomic E-state index is -0.827. The zero-order chi connectivity index (χ0) is 42.3. The van der Waals surface area contributed by atoms with E-state index in [9.17, 15) is 24.0 Å². The SMILES string of the molecule is CCOC(=O)N1c2cc(OCCCC(=O)Nc3cn(C)c(C(=O)Nc4ccc(-c5cc(C(=O)OC)n(C)c5)cc4)n3)ccc2C(=O)N2CCCCC2C1OC1CCCCO1. The van der Waals surface area contributed by atoms with E-state index < -0.39 is 30.5 Å². The molecule has 5 heterocycles. The Morgan fingerprint density at radius 2 is 1.72 bits per heavy atom. The van der Waals surface area contributed by atoms with Gasteiger partial charge in [-0.25, -0.2) is 19.5 Å². The molecule has 2 saturated heterocycles. The molecule has 2 fully saturated rings. The number of nitrogens with one attached hydrogen (secondary N) is 2. The third kappa shape index (κ3) is 9.31. The van der Waals surface area contributed by atoms with Crippen molar-refractivity contribution in [3.8, 4) is 16.9 Å². The van der Waals surface area contributed by atoms with Crippen molar-refractivity contribution < 1.29 is 47.7 Å². The molecule has 0 bridgehead atoms. The van der Waals surface area contributed by atoms with Crippen molar-refractivity contribution >= 4 is 47.0 Å². The Kier molecular flexibility index (Phi) is 13.1. The van der Waals surface area contributed by atoms with Crippen LogP contribution in [-0.2, 0) is 37.8 Å². The van der Waals surface area contributed by atoms with Crippen molar-refractivity contribution in [1.29, 1.82) is 0 Å². The van der Waals surface area contributed by atoms with Crippen molar-refractivity contribution in [2.24, 2.45) is 14.1 Å². The minimum Gasteiger partial charge on any atom is -0.494 e. The molecule has 0 radical (unpaired) electrons. The molecule has 3 aliphatic rings. The number of anilines is 3.